The molecular weight excluding hydrogens is 428 g/mol. The van der Waals surface area contributed by atoms with Crippen molar-refractivity contribution in [3.8, 4) is 28.5 Å². The van der Waals surface area contributed by atoms with Gasteiger partial charge in [0, 0.05) is 34.9 Å². The van der Waals surface area contributed by atoms with Gasteiger partial charge in [-0.3, -0.25) is 0 Å². The molecule has 0 atom stereocenters. The van der Waals surface area contributed by atoms with Crippen molar-refractivity contribution in [1.82, 2.24) is 0 Å². The average Bonchev–Trinajstić information content (AvgIpc) is 3.24. The Morgan fingerprint density at radius 2 is 1.66 bits per heavy atom. The van der Waals surface area contributed by atoms with E-state index in [4.69, 9.17) is 4.42 Å². The second-order valence-corrected chi connectivity index (χ2v) is 10.0. The van der Waals surface area contributed by atoms with Crippen molar-refractivity contribution in [1.29, 1.82) is 5.26 Å². The molecule has 0 aliphatic rings. The highest BCUT2D eigenvalue weighted by Gasteiger charge is 2.26. The minimum Gasteiger partial charge on any atom is -0.454 e. The number of furan rings is 1. The summed E-state index contributed by atoms with van der Waals surface area (Å²) in [6.45, 7) is 11.1. The van der Waals surface area contributed by atoms with Crippen molar-refractivity contribution in [2.75, 3.05) is 0 Å². The van der Waals surface area contributed by atoms with Crippen LogP contribution in [-0.4, -0.2) is 0 Å². The molecule has 35 heavy (non-hydrogen) atoms. The number of aryl methyl sites for hydroxylation is 2. The Morgan fingerprint density at radius 3 is 2.34 bits per heavy atom. The van der Waals surface area contributed by atoms with Gasteiger partial charge in [-0.25, -0.2) is 0 Å². The first-order valence-corrected chi connectivity index (χ1v) is 12.3. The van der Waals surface area contributed by atoms with Crippen LogP contribution in [0.25, 0.3) is 44.3 Å². The Hall–Kier alpha value is -3.90. The fourth-order valence-corrected chi connectivity index (χ4v) is 5.31. The lowest BCUT2D eigenvalue weighted by molar-refractivity contribution is -0.667. The summed E-state index contributed by atoms with van der Waals surface area (Å²) >= 11 is 0. The van der Waals surface area contributed by atoms with Crippen LogP contribution in [0.15, 0.2) is 65.1 Å². The van der Waals surface area contributed by atoms with Gasteiger partial charge < -0.3 is 4.42 Å². The van der Waals surface area contributed by atoms with Crippen molar-refractivity contribution >= 4 is 21.9 Å². The molecule has 0 bridgehead atoms. The van der Waals surface area contributed by atoms with Crippen molar-refractivity contribution in [3.63, 3.8) is 0 Å². The van der Waals surface area contributed by atoms with Crippen LogP contribution in [0.5, 0.6) is 0 Å². The van der Waals surface area contributed by atoms with Crippen LogP contribution >= 0.6 is 0 Å². The molecule has 0 radical (unpaired) electrons. The maximum absolute atomic E-state index is 9.94. The fourth-order valence-electron chi connectivity index (χ4n) is 5.31. The van der Waals surface area contributed by atoms with E-state index in [1.54, 1.807) is 0 Å². The molecule has 3 nitrogen and oxygen atoms in total. The number of hydrogen-bond acceptors (Lipinski definition) is 2. The second kappa shape index (κ2) is 8.71. The van der Waals surface area contributed by atoms with E-state index in [-0.39, 0.29) is 0 Å². The number of hydrogen-bond donors (Lipinski definition) is 0. The molecule has 0 amide bonds. The van der Waals surface area contributed by atoms with Crippen molar-refractivity contribution in [2.45, 2.75) is 41.0 Å². The van der Waals surface area contributed by atoms with Crippen LogP contribution in [0.1, 0.15) is 41.8 Å². The van der Waals surface area contributed by atoms with E-state index >= 15 is 0 Å². The maximum atomic E-state index is 9.94. The third kappa shape index (κ3) is 3.70. The normalized spacial score (nSPS) is 11.5. The summed E-state index contributed by atoms with van der Waals surface area (Å²) in [4.78, 5) is 0. The van der Waals surface area contributed by atoms with E-state index in [1.807, 2.05) is 30.3 Å². The lowest BCUT2D eigenvalue weighted by atomic mass is 9.93. The number of fused-ring (bicyclic) bond motifs is 3. The molecule has 0 spiro atoms. The molecule has 0 N–H and O–H groups in total. The Bertz CT molecular complexity index is 1630. The first kappa shape index (κ1) is 22.9. The lowest BCUT2D eigenvalue weighted by Crippen LogP contribution is -2.37. The average molecular weight is 460 g/mol. The minimum atomic E-state index is 0.597. The Kier molecular flexibility index (Phi) is 5.69. The summed E-state index contributed by atoms with van der Waals surface area (Å²) < 4.78 is 9.01. The topological polar surface area (TPSA) is 40.8 Å². The van der Waals surface area contributed by atoms with Gasteiger partial charge in [-0.15, -0.1) is 0 Å². The third-order valence-electron chi connectivity index (χ3n) is 7.20. The van der Waals surface area contributed by atoms with Gasteiger partial charge in [0.2, 0.25) is 5.69 Å². The molecule has 5 aromatic rings. The third-order valence-corrected chi connectivity index (χ3v) is 7.20. The molecule has 0 aliphatic heterocycles. The van der Waals surface area contributed by atoms with E-state index < -0.39 is 0 Å². The number of nitrogens with zero attached hydrogens (tertiary/aromatic N) is 2. The van der Waals surface area contributed by atoms with Crippen LogP contribution in [0.2, 0.25) is 0 Å². The van der Waals surface area contributed by atoms with Crippen LogP contribution < -0.4 is 4.57 Å². The predicted molar refractivity (Wildman–Crippen MR) is 143 cm³/mol. The summed E-state index contributed by atoms with van der Waals surface area (Å²) in [5.74, 6) is 0.597. The standard InChI is InChI=1S/C32H31N2O/c1-19(2)16-27-21(4)17-28(34(6)22(27)5)29-20(3)12-14-26-30-24(18-33)13-15-25(31(30)35-32(26)29)23-10-8-7-9-11-23/h7-15,17,19H,16H2,1-6H3/q+1. The molecule has 174 valence electrons. The van der Waals surface area contributed by atoms with Crippen molar-refractivity contribution in [2.24, 2.45) is 13.0 Å². The molecule has 3 heteroatoms. The molecule has 0 saturated heterocycles. The van der Waals surface area contributed by atoms with Crippen LogP contribution in [0.3, 0.4) is 0 Å². The van der Waals surface area contributed by atoms with E-state index in [1.165, 1.54) is 16.8 Å². The molecule has 0 fully saturated rings. The highest BCUT2D eigenvalue weighted by Crippen LogP contribution is 2.42. The number of rotatable bonds is 4. The number of pyridine rings is 1. The fraction of sp³-hybridized carbons (Fsp3) is 0.250. The lowest BCUT2D eigenvalue weighted by Gasteiger charge is -2.14. The highest BCUT2D eigenvalue weighted by atomic mass is 16.3. The summed E-state index contributed by atoms with van der Waals surface area (Å²) in [7, 11) is 2.14. The first-order chi connectivity index (χ1) is 16.8. The van der Waals surface area contributed by atoms with E-state index in [2.05, 4.69) is 82.6 Å². The molecule has 5 rings (SSSR count). The van der Waals surface area contributed by atoms with Crippen molar-refractivity contribution in [3.05, 3.63) is 88.6 Å². The Morgan fingerprint density at radius 1 is 0.914 bits per heavy atom. The zero-order chi connectivity index (χ0) is 24.9. The monoisotopic (exact) mass is 459 g/mol. The van der Waals surface area contributed by atoms with Gasteiger partial charge in [0.15, 0.2) is 5.69 Å². The zero-order valence-corrected chi connectivity index (χ0v) is 21.4. The number of nitriles is 1. The van der Waals surface area contributed by atoms with E-state index in [0.29, 0.717) is 11.5 Å². The van der Waals surface area contributed by atoms with E-state index in [9.17, 15) is 5.26 Å². The largest absolute Gasteiger partial charge is 0.454 e. The van der Waals surface area contributed by atoms with Crippen LogP contribution in [0, 0.1) is 38.0 Å². The Labute approximate surface area is 207 Å². The summed E-state index contributed by atoms with van der Waals surface area (Å²) in [5, 5.41) is 11.8. The first-order valence-electron chi connectivity index (χ1n) is 12.3. The quantitative estimate of drug-likeness (QED) is 0.258. The maximum Gasteiger partial charge on any atom is 0.216 e. The molecule has 2 aromatic heterocycles. The van der Waals surface area contributed by atoms with Gasteiger partial charge in [0.1, 0.15) is 18.2 Å². The van der Waals surface area contributed by atoms with Crippen LogP contribution in [-0.2, 0) is 13.5 Å². The van der Waals surface area contributed by atoms with Gasteiger partial charge in [0.25, 0.3) is 0 Å². The molecule has 0 aliphatic carbocycles. The molecule has 2 heterocycles. The molecule has 3 aromatic carbocycles. The van der Waals surface area contributed by atoms with Gasteiger partial charge in [-0.1, -0.05) is 56.3 Å². The van der Waals surface area contributed by atoms with Crippen LogP contribution in [0.4, 0.5) is 0 Å². The molecular formula is C32H31N2O+. The summed E-state index contributed by atoms with van der Waals surface area (Å²) in [5.41, 5.74) is 11.7. The number of benzene rings is 3. The number of aromatic nitrogens is 1. The predicted octanol–water partition coefficient (Wildman–Crippen LogP) is 7.74. The van der Waals surface area contributed by atoms with Gasteiger partial charge in [0.05, 0.1) is 17.2 Å². The van der Waals surface area contributed by atoms with Gasteiger partial charge in [-0.05, 0) is 55.0 Å². The summed E-state index contributed by atoms with van der Waals surface area (Å²) in [6, 6.07) is 23.1. The molecule has 0 unspecified atom stereocenters. The molecule has 0 saturated carbocycles. The van der Waals surface area contributed by atoms with Gasteiger partial charge >= 0.3 is 0 Å². The highest BCUT2D eigenvalue weighted by molar-refractivity contribution is 6.15. The minimum absolute atomic E-state index is 0.597. The van der Waals surface area contributed by atoms with Gasteiger partial charge in [-0.2, -0.15) is 9.83 Å². The van der Waals surface area contributed by atoms with Crippen molar-refractivity contribution < 1.29 is 8.98 Å². The Balaban J connectivity index is 1.87. The van der Waals surface area contributed by atoms with E-state index in [0.717, 1.165) is 56.3 Å². The smallest absolute Gasteiger partial charge is 0.216 e. The zero-order valence-electron chi connectivity index (χ0n) is 21.4. The summed E-state index contributed by atoms with van der Waals surface area (Å²) in [6.07, 6.45) is 1.06. The SMILES string of the molecule is Cc1cc(-c2c(C)ccc3c2oc2c(-c4ccccc4)ccc(C#N)c23)[n+](C)c(C)c1CC(C)C. The second-order valence-electron chi connectivity index (χ2n) is 10.0.